The van der Waals surface area contributed by atoms with E-state index in [2.05, 4.69) is 11.4 Å². The van der Waals surface area contributed by atoms with Crippen molar-refractivity contribution in [2.24, 2.45) is 0 Å². The van der Waals surface area contributed by atoms with E-state index in [0.29, 0.717) is 34.2 Å². The Balaban J connectivity index is 1.34. The normalized spacial score (nSPS) is 25.5. The number of carbonyl (C=O) groups is 4. The minimum absolute atomic E-state index is 0.104. The van der Waals surface area contributed by atoms with Gasteiger partial charge in [-0.05, 0) is 43.0 Å². The molecule has 7 atom stereocenters. The third-order valence-electron chi connectivity index (χ3n) is 11.1. The molecule has 59 heavy (non-hydrogen) atoms. The van der Waals surface area contributed by atoms with E-state index in [9.17, 15) is 37.6 Å². The number of carbonyl (C=O) groups excluding carboxylic acids is 4. The van der Waals surface area contributed by atoms with Crippen molar-refractivity contribution in [1.82, 2.24) is 15.5 Å². The van der Waals surface area contributed by atoms with Crippen molar-refractivity contribution in [1.29, 1.82) is 5.26 Å². The third-order valence-corrected chi connectivity index (χ3v) is 12.5. The van der Waals surface area contributed by atoms with Gasteiger partial charge in [-0.25, -0.2) is 9.59 Å². The largest absolute Gasteiger partial charge is 0.493 e. The van der Waals surface area contributed by atoms with Gasteiger partial charge in [-0.15, -0.1) is 11.8 Å². The van der Waals surface area contributed by atoms with Crippen LogP contribution in [-0.2, 0) is 30.3 Å². The topological polar surface area (TPSA) is 175 Å². The number of methoxy groups -OCH3 is 1. The number of rotatable bonds is 6. The van der Waals surface area contributed by atoms with E-state index in [0.717, 1.165) is 22.9 Å². The molecule has 1 amide bonds. The van der Waals surface area contributed by atoms with Gasteiger partial charge < -0.3 is 39.1 Å². The maximum absolute atomic E-state index is 13.6. The Morgan fingerprint density at radius 1 is 1.03 bits per heavy atom. The van der Waals surface area contributed by atoms with Gasteiger partial charge in [0, 0.05) is 53.1 Å². The predicted molar refractivity (Wildman–Crippen MR) is 203 cm³/mol. The summed E-state index contributed by atoms with van der Waals surface area (Å²) in [6.45, 7) is 3.99. The van der Waals surface area contributed by atoms with Gasteiger partial charge in [0.15, 0.2) is 23.0 Å². The average molecular weight is 835 g/mol. The molecule has 0 radical (unpaired) electrons. The highest BCUT2D eigenvalue weighted by Gasteiger charge is 2.59. The van der Waals surface area contributed by atoms with Crippen LogP contribution in [0.3, 0.4) is 0 Å². The van der Waals surface area contributed by atoms with Gasteiger partial charge in [-0.1, -0.05) is 36.4 Å². The molecule has 3 aromatic rings. The monoisotopic (exact) mass is 834 g/mol. The first kappa shape index (κ1) is 40.0. The van der Waals surface area contributed by atoms with Crippen molar-refractivity contribution in [2.75, 3.05) is 26.3 Å². The first-order chi connectivity index (χ1) is 28.2. The van der Waals surface area contributed by atoms with E-state index in [1.165, 1.54) is 20.1 Å². The third kappa shape index (κ3) is 7.00. The van der Waals surface area contributed by atoms with Crippen molar-refractivity contribution >= 4 is 41.7 Å². The number of hydrogen-bond donors (Lipinski definition) is 2. The van der Waals surface area contributed by atoms with Gasteiger partial charge in [-0.2, -0.15) is 18.4 Å². The lowest BCUT2D eigenvalue weighted by atomic mass is 9.72. The van der Waals surface area contributed by atoms with Gasteiger partial charge >= 0.3 is 30.0 Å². The number of ether oxygens (including phenoxy) is 6. The molecule has 0 aliphatic carbocycles. The lowest BCUT2D eigenvalue weighted by Crippen LogP contribution is -2.69. The minimum Gasteiger partial charge on any atom is -0.493 e. The van der Waals surface area contributed by atoms with Crippen LogP contribution in [0, 0.1) is 25.2 Å². The van der Waals surface area contributed by atoms with E-state index in [4.69, 9.17) is 28.4 Å². The summed E-state index contributed by atoms with van der Waals surface area (Å²) in [5.74, 6) is -4.20. The number of esters is 3. The quantitative estimate of drug-likeness (QED) is 0.196. The van der Waals surface area contributed by atoms with Gasteiger partial charge in [0.2, 0.25) is 6.79 Å². The van der Waals surface area contributed by atoms with Crippen LogP contribution in [0.15, 0.2) is 42.5 Å². The molecule has 18 heteroatoms. The van der Waals surface area contributed by atoms with Crippen LogP contribution in [0.1, 0.15) is 63.2 Å². The standard InChI is InChI=1S/C41H37F3N4O10S/c1-18-12-22-13-23-25(14-45)48-26-15-54-39(51)24(47-40(52)41(42,43)44)16-59-38(30-29(26)36-35(55-17-56-36)19(2)34(30)57-20(3)49)32(48)31(46-23)28(22)37(33(18)53-4)58-27(50)11-10-21-8-6-5-7-9-21/h5-12,23-26,31-32,38,46H,13,15-17H2,1-4H3,(H,47,52)/b11-10+/t23-,24?,25+,26+,31-,32-,38-/m1/s1. The van der Waals surface area contributed by atoms with Gasteiger partial charge in [-0.3, -0.25) is 14.5 Å². The molecule has 3 aromatic carbocycles. The number of amides is 1. The molecule has 1 unspecified atom stereocenters. The second-order valence-electron chi connectivity index (χ2n) is 14.6. The van der Waals surface area contributed by atoms with Crippen LogP contribution in [0.5, 0.6) is 28.7 Å². The van der Waals surface area contributed by atoms with Crippen LogP contribution in [-0.4, -0.2) is 85.3 Å². The molecule has 5 aliphatic heterocycles. The summed E-state index contributed by atoms with van der Waals surface area (Å²) in [5.41, 5.74) is 3.94. The number of nitrogens with one attached hydrogen (secondary N) is 2. The fourth-order valence-corrected chi connectivity index (χ4v) is 10.4. The van der Waals surface area contributed by atoms with Crippen molar-refractivity contribution in [3.63, 3.8) is 0 Å². The molecule has 2 fully saturated rings. The summed E-state index contributed by atoms with van der Waals surface area (Å²) in [6, 6.07) is 7.68. The summed E-state index contributed by atoms with van der Waals surface area (Å²) < 4.78 is 76.3. The molecule has 8 rings (SSSR count). The van der Waals surface area contributed by atoms with Crippen LogP contribution in [0.25, 0.3) is 6.08 Å². The Labute approximate surface area is 339 Å². The Morgan fingerprint density at radius 3 is 2.47 bits per heavy atom. The molecular formula is C41H37F3N4O10S. The van der Waals surface area contributed by atoms with Crippen LogP contribution >= 0.6 is 11.8 Å². The highest BCUT2D eigenvalue weighted by atomic mass is 32.2. The fourth-order valence-electron chi connectivity index (χ4n) is 8.85. The van der Waals surface area contributed by atoms with Crippen LogP contribution in [0.2, 0.25) is 0 Å². The number of benzene rings is 3. The smallest absolute Gasteiger partial charge is 0.471 e. The number of nitrogens with zero attached hydrogens (tertiary/aromatic N) is 2. The number of halogens is 3. The van der Waals surface area contributed by atoms with E-state index in [1.54, 1.807) is 25.2 Å². The summed E-state index contributed by atoms with van der Waals surface area (Å²) in [4.78, 5) is 54.1. The molecule has 14 nitrogen and oxygen atoms in total. The number of cyclic esters (lactones) is 1. The molecule has 308 valence electrons. The number of aryl methyl sites for hydroxylation is 1. The first-order valence-corrected chi connectivity index (χ1v) is 19.6. The lowest BCUT2D eigenvalue weighted by Gasteiger charge is -2.59. The van der Waals surface area contributed by atoms with Crippen molar-refractivity contribution in [3.8, 4) is 34.8 Å². The molecule has 4 bridgehead atoms. The minimum atomic E-state index is -5.30. The zero-order valence-electron chi connectivity index (χ0n) is 32.0. The Bertz CT molecular complexity index is 2330. The van der Waals surface area contributed by atoms with E-state index in [1.807, 2.05) is 41.3 Å². The summed E-state index contributed by atoms with van der Waals surface area (Å²) in [6.07, 6.45) is -2.10. The van der Waals surface area contributed by atoms with Gasteiger partial charge in [0.25, 0.3) is 0 Å². The number of alkyl halides is 3. The Morgan fingerprint density at radius 2 is 1.78 bits per heavy atom. The summed E-state index contributed by atoms with van der Waals surface area (Å²) >= 11 is 1.00. The first-order valence-electron chi connectivity index (χ1n) is 18.6. The zero-order chi connectivity index (χ0) is 41.9. The highest BCUT2D eigenvalue weighted by molar-refractivity contribution is 7.99. The molecule has 0 spiro atoms. The number of piperazine rings is 1. The molecule has 2 N–H and O–H groups in total. The number of thioether (sulfide) groups is 1. The number of nitriles is 1. The van der Waals surface area contributed by atoms with Crippen molar-refractivity contribution in [3.05, 3.63) is 81.4 Å². The van der Waals surface area contributed by atoms with E-state index >= 15 is 0 Å². The van der Waals surface area contributed by atoms with E-state index < -0.39 is 83.9 Å². The summed E-state index contributed by atoms with van der Waals surface area (Å²) in [7, 11) is 1.45. The number of hydrogen-bond acceptors (Lipinski definition) is 14. The molecule has 5 aliphatic rings. The Kier molecular flexibility index (Phi) is 10.5. The second kappa shape index (κ2) is 15.4. The predicted octanol–water partition coefficient (Wildman–Crippen LogP) is 4.85. The molecule has 0 aromatic heterocycles. The lowest BCUT2D eigenvalue weighted by molar-refractivity contribution is -0.175. The Hall–Kier alpha value is -5.77. The van der Waals surface area contributed by atoms with Crippen molar-refractivity contribution in [2.45, 2.75) is 74.9 Å². The highest BCUT2D eigenvalue weighted by Crippen LogP contribution is 2.62. The molecule has 2 saturated heterocycles. The van der Waals surface area contributed by atoms with Crippen LogP contribution < -0.4 is 34.3 Å². The van der Waals surface area contributed by atoms with Crippen LogP contribution in [0.4, 0.5) is 13.2 Å². The van der Waals surface area contributed by atoms with E-state index in [-0.39, 0.29) is 35.5 Å². The zero-order valence-corrected chi connectivity index (χ0v) is 32.8. The van der Waals surface area contributed by atoms with Crippen molar-refractivity contribution < 1.29 is 60.8 Å². The number of fused-ring (bicyclic) bond motifs is 9. The fraction of sp³-hybridized carbons (Fsp3) is 0.390. The van der Waals surface area contributed by atoms with Gasteiger partial charge in [0.1, 0.15) is 24.4 Å². The maximum atomic E-state index is 13.6. The SMILES string of the molecule is COc1c(C)cc2c(c1OC(=O)/C=C/c1ccccc1)[C@H]1N[C@H](C2)[C@H](C#N)N2[C@H]1[C@@H]1SCC(NC(=O)C(F)(F)F)C(=O)OC[C@H]2c2c3c(c(C)c(OC(C)=O)c21)OCO3. The molecule has 0 saturated carbocycles. The molecule has 5 heterocycles. The summed E-state index contributed by atoms with van der Waals surface area (Å²) in [5, 5.41) is 15.5. The second-order valence-corrected chi connectivity index (χ2v) is 15.8. The van der Waals surface area contributed by atoms with Gasteiger partial charge in [0.05, 0.1) is 30.5 Å². The molecular weight excluding hydrogens is 798 g/mol. The average Bonchev–Trinajstić information content (AvgIpc) is 3.69. The maximum Gasteiger partial charge on any atom is 0.471 e.